The molecule has 1 aromatic carbocycles. The van der Waals surface area contributed by atoms with Gasteiger partial charge in [0, 0.05) is 13.1 Å². The molecule has 2 rings (SSSR count). The van der Waals surface area contributed by atoms with E-state index in [1.54, 1.807) is 6.92 Å². The lowest BCUT2D eigenvalue weighted by atomic mass is 9.80. The molecule has 106 valence electrons. The molecule has 1 saturated heterocycles. The average molecular weight is 282 g/mol. The van der Waals surface area contributed by atoms with E-state index >= 15 is 0 Å². The summed E-state index contributed by atoms with van der Waals surface area (Å²) in [4.78, 5) is 2.37. The Morgan fingerprint density at radius 3 is 2.53 bits per heavy atom. The first-order valence-electron chi connectivity index (χ1n) is 7.01. The summed E-state index contributed by atoms with van der Waals surface area (Å²) in [6, 6.07) is 5.89. The van der Waals surface area contributed by atoms with Crippen molar-refractivity contribution in [3.05, 3.63) is 28.8 Å². The van der Waals surface area contributed by atoms with Crippen LogP contribution in [-0.2, 0) is 0 Å². The Labute approximate surface area is 121 Å². The van der Waals surface area contributed by atoms with Gasteiger partial charge in [0.2, 0.25) is 0 Å². The molecule has 2 nitrogen and oxygen atoms in total. The van der Waals surface area contributed by atoms with E-state index in [0.29, 0.717) is 11.3 Å². The van der Waals surface area contributed by atoms with Gasteiger partial charge in [0.15, 0.2) is 0 Å². The highest BCUT2D eigenvalue weighted by molar-refractivity contribution is 6.33. The van der Waals surface area contributed by atoms with E-state index < -0.39 is 6.10 Å². The fourth-order valence-electron chi connectivity index (χ4n) is 2.73. The van der Waals surface area contributed by atoms with Gasteiger partial charge in [0.05, 0.1) is 16.8 Å². The molecule has 0 aromatic heterocycles. The van der Waals surface area contributed by atoms with Gasteiger partial charge in [-0.1, -0.05) is 38.4 Å². The summed E-state index contributed by atoms with van der Waals surface area (Å²) in [5.74, 6) is 0.708. The van der Waals surface area contributed by atoms with Crippen molar-refractivity contribution in [3.8, 4) is 0 Å². The summed E-state index contributed by atoms with van der Waals surface area (Å²) in [7, 11) is 0. The number of halogens is 1. The molecule has 0 aliphatic carbocycles. The maximum atomic E-state index is 9.58. The minimum atomic E-state index is -0.465. The van der Waals surface area contributed by atoms with Crippen molar-refractivity contribution in [3.63, 3.8) is 0 Å². The molecule has 2 unspecified atom stereocenters. The number of benzene rings is 1. The molecule has 19 heavy (non-hydrogen) atoms. The molecular weight excluding hydrogens is 258 g/mol. The molecule has 0 bridgehead atoms. The first-order valence-corrected chi connectivity index (χ1v) is 7.39. The third-order valence-corrected chi connectivity index (χ3v) is 4.51. The molecule has 0 amide bonds. The maximum Gasteiger partial charge on any atom is 0.0762 e. The highest BCUT2D eigenvalue weighted by Gasteiger charge is 2.32. The number of aliphatic hydroxyl groups excluding tert-OH is 1. The standard InChI is InChI=1S/C16H24ClNO/c1-11(19)12-5-6-15(14(17)9-12)18-8-7-13(10-18)16(2,3)4/h5-6,9,11,13,19H,7-8,10H2,1-4H3. The van der Waals surface area contributed by atoms with Crippen molar-refractivity contribution >= 4 is 17.3 Å². The van der Waals surface area contributed by atoms with Gasteiger partial charge in [-0.25, -0.2) is 0 Å². The fraction of sp³-hybridized carbons (Fsp3) is 0.625. The van der Waals surface area contributed by atoms with E-state index in [0.717, 1.165) is 29.4 Å². The van der Waals surface area contributed by atoms with Gasteiger partial charge >= 0.3 is 0 Å². The van der Waals surface area contributed by atoms with Gasteiger partial charge in [-0.15, -0.1) is 0 Å². The van der Waals surface area contributed by atoms with Crippen LogP contribution in [0.1, 0.15) is 45.8 Å². The van der Waals surface area contributed by atoms with E-state index in [1.165, 1.54) is 6.42 Å². The van der Waals surface area contributed by atoms with Crippen LogP contribution in [-0.4, -0.2) is 18.2 Å². The lowest BCUT2D eigenvalue weighted by Gasteiger charge is -2.28. The molecule has 1 aromatic rings. The van der Waals surface area contributed by atoms with Crippen molar-refractivity contribution in [2.75, 3.05) is 18.0 Å². The SMILES string of the molecule is CC(O)c1ccc(N2CCC(C(C)(C)C)C2)c(Cl)c1. The minimum Gasteiger partial charge on any atom is -0.389 e. The lowest BCUT2D eigenvalue weighted by molar-refractivity contribution is 0.199. The average Bonchev–Trinajstić information content (AvgIpc) is 2.77. The van der Waals surface area contributed by atoms with Gasteiger partial charge < -0.3 is 10.0 Å². The smallest absolute Gasteiger partial charge is 0.0762 e. The number of hydrogen-bond acceptors (Lipinski definition) is 2. The van der Waals surface area contributed by atoms with Crippen molar-refractivity contribution < 1.29 is 5.11 Å². The summed E-state index contributed by atoms with van der Waals surface area (Å²) < 4.78 is 0. The van der Waals surface area contributed by atoms with Crippen molar-refractivity contribution in [2.45, 2.75) is 40.2 Å². The van der Waals surface area contributed by atoms with Gasteiger partial charge in [-0.3, -0.25) is 0 Å². The molecule has 2 atom stereocenters. The zero-order chi connectivity index (χ0) is 14.2. The van der Waals surface area contributed by atoms with Crippen LogP contribution < -0.4 is 4.90 Å². The van der Waals surface area contributed by atoms with E-state index in [1.807, 2.05) is 18.2 Å². The zero-order valence-corrected chi connectivity index (χ0v) is 13.0. The van der Waals surface area contributed by atoms with Gasteiger partial charge in [0.1, 0.15) is 0 Å². The summed E-state index contributed by atoms with van der Waals surface area (Å²) >= 11 is 6.36. The van der Waals surface area contributed by atoms with Gasteiger partial charge in [-0.2, -0.15) is 0 Å². The zero-order valence-electron chi connectivity index (χ0n) is 12.3. The Morgan fingerprint density at radius 1 is 1.37 bits per heavy atom. The molecule has 0 saturated carbocycles. The van der Waals surface area contributed by atoms with Crippen LogP contribution in [0.2, 0.25) is 5.02 Å². The lowest BCUT2D eigenvalue weighted by Crippen LogP contribution is -2.26. The summed E-state index contributed by atoms with van der Waals surface area (Å²) in [5.41, 5.74) is 2.32. The largest absolute Gasteiger partial charge is 0.389 e. The molecule has 1 heterocycles. The normalized spacial score (nSPS) is 21.8. The molecular formula is C16H24ClNO. The molecule has 0 spiro atoms. The van der Waals surface area contributed by atoms with Crippen LogP contribution in [0.25, 0.3) is 0 Å². The first-order chi connectivity index (χ1) is 8.79. The van der Waals surface area contributed by atoms with E-state index in [2.05, 4.69) is 25.7 Å². The van der Waals surface area contributed by atoms with Gasteiger partial charge in [0.25, 0.3) is 0 Å². The Bertz CT molecular complexity index is 451. The summed E-state index contributed by atoms with van der Waals surface area (Å²) in [6.07, 6.45) is 0.755. The van der Waals surface area contributed by atoms with E-state index in [9.17, 15) is 5.11 Å². The quantitative estimate of drug-likeness (QED) is 0.875. The highest BCUT2D eigenvalue weighted by atomic mass is 35.5. The summed E-state index contributed by atoms with van der Waals surface area (Å²) in [5, 5.41) is 10.3. The number of nitrogens with zero attached hydrogens (tertiary/aromatic N) is 1. The maximum absolute atomic E-state index is 9.58. The molecule has 3 heteroatoms. The Morgan fingerprint density at radius 2 is 2.05 bits per heavy atom. The van der Waals surface area contributed by atoms with Crippen molar-refractivity contribution in [2.24, 2.45) is 11.3 Å². The molecule has 1 N–H and O–H groups in total. The van der Waals surface area contributed by atoms with Crippen molar-refractivity contribution in [1.29, 1.82) is 0 Å². The molecule has 1 aliphatic heterocycles. The molecule has 1 fully saturated rings. The van der Waals surface area contributed by atoms with Crippen LogP contribution in [0.3, 0.4) is 0 Å². The second-order valence-electron chi connectivity index (χ2n) is 6.68. The molecule has 0 radical (unpaired) electrons. The Balaban J connectivity index is 2.16. The second kappa shape index (κ2) is 5.34. The summed E-state index contributed by atoms with van der Waals surface area (Å²) in [6.45, 7) is 10.8. The predicted octanol–water partition coefficient (Wildman–Crippen LogP) is 4.27. The second-order valence-corrected chi connectivity index (χ2v) is 7.09. The first kappa shape index (κ1) is 14.7. The minimum absolute atomic E-state index is 0.348. The van der Waals surface area contributed by atoms with Crippen molar-refractivity contribution in [1.82, 2.24) is 0 Å². The number of aliphatic hydroxyl groups is 1. The number of anilines is 1. The van der Waals surface area contributed by atoms with Gasteiger partial charge in [-0.05, 0) is 42.4 Å². The fourth-order valence-corrected chi connectivity index (χ4v) is 3.03. The third kappa shape index (κ3) is 3.24. The number of rotatable bonds is 2. The Hall–Kier alpha value is -0.730. The third-order valence-electron chi connectivity index (χ3n) is 4.21. The van der Waals surface area contributed by atoms with E-state index in [4.69, 9.17) is 11.6 Å². The monoisotopic (exact) mass is 281 g/mol. The predicted molar refractivity (Wildman–Crippen MR) is 81.9 cm³/mol. The van der Waals surface area contributed by atoms with Crippen LogP contribution in [0.4, 0.5) is 5.69 Å². The van der Waals surface area contributed by atoms with Crippen LogP contribution >= 0.6 is 11.6 Å². The van der Waals surface area contributed by atoms with Crippen LogP contribution in [0.15, 0.2) is 18.2 Å². The topological polar surface area (TPSA) is 23.5 Å². The van der Waals surface area contributed by atoms with Crippen LogP contribution in [0, 0.1) is 11.3 Å². The highest BCUT2D eigenvalue weighted by Crippen LogP contribution is 2.38. The Kier molecular flexibility index (Phi) is 4.12. The number of hydrogen-bond donors (Lipinski definition) is 1. The van der Waals surface area contributed by atoms with Crippen LogP contribution in [0.5, 0.6) is 0 Å². The molecule has 1 aliphatic rings. The van der Waals surface area contributed by atoms with E-state index in [-0.39, 0.29) is 0 Å².